The molecule has 6 rings (SSSR count). The van der Waals surface area contributed by atoms with Gasteiger partial charge in [-0.15, -0.1) is 0 Å². The molecule has 322 valence electrons. The van der Waals surface area contributed by atoms with Crippen molar-refractivity contribution in [3.63, 3.8) is 0 Å². The van der Waals surface area contributed by atoms with Crippen LogP contribution in [-0.2, 0) is 29.1 Å². The van der Waals surface area contributed by atoms with E-state index in [0.717, 1.165) is 6.20 Å². The van der Waals surface area contributed by atoms with E-state index in [4.69, 9.17) is 30.5 Å². The van der Waals surface area contributed by atoms with Crippen LogP contribution in [0.15, 0.2) is 52.4 Å². The molecule has 0 bridgehead atoms. The third-order valence-corrected chi connectivity index (χ3v) is 12.9. The zero-order valence-electron chi connectivity index (χ0n) is 32.2. The number of halogens is 3. The number of benzene rings is 2. The summed E-state index contributed by atoms with van der Waals surface area (Å²) in [5, 5.41) is 4.38. The Morgan fingerprint density at radius 1 is 0.763 bits per heavy atom. The molecule has 0 saturated carbocycles. The molecule has 2 aliphatic heterocycles. The van der Waals surface area contributed by atoms with Crippen molar-refractivity contribution >= 4 is 82.0 Å². The molecule has 2 amide bonds. The van der Waals surface area contributed by atoms with Crippen molar-refractivity contribution in [2.75, 3.05) is 62.8 Å². The topological polar surface area (TPSA) is 215 Å². The van der Waals surface area contributed by atoms with Crippen LogP contribution in [0, 0.1) is 37.3 Å². The summed E-state index contributed by atoms with van der Waals surface area (Å²) in [5.74, 6) is -3.00. The summed E-state index contributed by atoms with van der Waals surface area (Å²) in [6, 6.07) is 8.10. The first kappa shape index (κ1) is 49.2. The van der Waals surface area contributed by atoms with E-state index < -0.39 is 48.3 Å². The van der Waals surface area contributed by atoms with Crippen LogP contribution in [0.5, 0.6) is 11.5 Å². The Balaban J connectivity index is 0.000000305. The minimum atomic E-state index is -3.63. The number of hydrogen-bond donors (Lipinski definition) is 2. The molecule has 0 aliphatic carbocycles. The summed E-state index contributed by atoms with van der Waals surface area (Å²) in [4.78, 5) is 40.4. The van der Waals surface area contributed by atoms with Gasteiger partial charge in [-0.05, 0) is 74.9 Å². The van der Waals surface area contributed by atoms with E-state index in [1.807, 2.05) is 0 Å². The van der Waals surface area contributed by atoms with Crippen molar-refractivity contribution in [2.24, 2.45) is 11.8 Å². The number of nitrogens with zero attached hydrogens (tertiary/aromatic N) is 4. The van der Waals surface area contributed by atoms with Crippen molar-refractivity contribution < 1.29 is 54.2 Å². The molecule has 16 nitrogen and oxygen atoms in total. The number of anilines is 2. The largest absolute Gasteiger partial charge is 0.496 e. The first-order chi connectivity index (χ1) is 27.0. The molecule has 2 aliphatic rings. The maximum Gasteiger partial charge on any atom is 0.261 e. The lowest BCUT2D eigenvalue weighted by Crippen LogP contribution is -2.19. The number of carbonyl (C=O) groups is 2. The molecule has 0 radical (unpaired) electrons. The summed E-state index contributed by atoms with van der Waals surface area (Å²) in [6.45, 7) is 4.70. The Morgan fingerprint density at radius 3 is 1.63 bits per heavy atom. The molecule has 2 fully saturated rings. The Labute approximate surface area is 358 Å². The second kappa shape index (κ2) is 21.4. The molecule has 0 spiro atoms. The second-order valence-electron chi connectivity index (χ2n) is 13.0. The van der Waals surface area contributed by atoms with Crippen LogP contribution in [0.1, 0.15) is 44.9 Å². The Bertz CT molecular complexity index is 2350. The number of nitrogens with one attached hydrogen (secondary N) is 2. The average Bonchev–Trinajstić information content (AvgIpc) is 3.89. The number of ether oxygens (including phenoxy) is 4. The van der Waals surface area contributed by atoms with Crippen LogP contribution in [0.2, 0.25) is 5.15 Å². The summed E-state index contributed by atoms with van der Waals surface area (Å²) < 4.78 is 98.6. The fraction of sp³-hybridized carbons (Fsp3) is 0.389. The molecule has 2 atom stereocenters. The normalized spacial score (nSPS) is 16.1. The van der Waals surface area contributed by atoms with Gasteiger partial charge < -0.3 is 18.9 Å². The number of aromatic nitrogens is 4. The maximum atomic E-state index is 13.6. The van der Waals surface area contributed by atoms with Gasteiger partial charge in [0.2, 0.25) is 11.9 Å². The number of hydrogen-bond acceptors (Lipinski definition) is 14. The molecule has 0 unspecified atom stereocenters. The lowest BCUT2D eigenvalue weighted by molar-refractivity contribution is 0.101. The van der Waals surface area contributed by atoms with Crippen molar-refractivity contribution in [1.82, 2.24) is 19.9 Å². The number of rotatable bonds is 12. The summed E-state index contributed by atoms with van der Waals surface area (Å²) in [7, 11) is -4.52. The molecule has 2 aromatic heterocycles. The van der Waals surface area contributed by atoms with Gasteiger partial charge >= 0.3 is 0 Å². The molecule has 2 N–H and O–H groups in total. The molecule has 2 aromatic carbocycles. The quantitative estimate of drug-likeness (QED) is 0.182. The smallest absolute Gasteiger partial charge is 0.261 e. The highest BCUT2D eigenvalue weighted by atomic mass is 35.5. The minimum absolute atomic E-state index is 0. The monoisotopic (exact) mass is 920 g/mol. The van der Waals surface area contributed by atoms with Crippen LogP contribution in [0.4, 0.5) is 20.7 Å². The van der Waals surface area contributed by atoms with Crippen molar-refractivity contribution in [3.05, 3.63) is 81.9 Å². The first-order valence-electron chi connectivity index (χ1n) is 17.3. The second-order valence-corrected chi connectivity index (χ2v) is 17.4. The predicted molar refractivity (Wildman–Crippen MR) is 223 cm³/mol. The number of sulfone groups is 2. The van der Waals surface area contributed by atoms with Gasteiger partial charge in [-0.3, -0.25) is 20.2 Å². The fourth-order valence-corrected chi connectivity index (χ4v) is 9.30. The van der Waals surface area contributed by atoms with Gasteiger partial charge in [0, 0.05) is 13.2 Å². The SMILES string of the molecule is COc1ccc(S(=O)(=O)C[C@H]2CCOC2)cc1C(=O)Nc1nc(C)c(F)c(Cl)n1.COc1ccc(S(=O)(=O)C[C@H]2CCOC2)cc1C(=O)Nc1ncc(F)c(C)n1.S.S. The summed E-state index contributed by atoms with van der Waals surface area (Å²) in [5.41, 5.74) is 0.0181. The zero-order chi connectivity index (χ0) is 41.5. The van der Waals surface area contributed by atoms with Crippen LogP contribution >= 0.6 is 38.6 Å². The highest BCUT2D eigenvalue weighted by Gasteiger charge is 2.28. The van der Waals surface area contributed by atoms with E-state index in [1.165, 1.54) is 64.5 Å². The molecular formula is C36H43ClF2N6O10S4. The standard InChI is InChI=1S/C18H19ClFN3O5S.C18H20FN3O5S.2H2S/c1-10-15(20)16(19)22-18(21-10)23-17(24)13-7-12(3-4-14(13)27-2)29(25,26)9-11-5-6-28-8-11;1-11-15(19)8-20-18(21-11)22-17(23)14-7-13(3-4-16(14)26-2)28(24,25)10-12-5-6-27-9-12;;/h3-4,7,11H,5-6,8-9H2,1-2H3,(H,21,22,23,24);3-4,7-8,12H,5-6,9-10H2,1-2H3,(H,20,21,22,23);2*1H2/t11-;12-;;/m00../s1. The lowest BCUT2D eigenvalue weighted by Gasteiger charge is -2.13. The van der Waals surface area contributed by atoms with E-state index >= 15 is 0 Å². The van der Waals surface area contributed by atoms with Crippen LogP contribution in [0.25, 0.3) is 0 Å². The van der Waals surface area contributed by atoms with Gasteiger partial charge in [0.15, 0.2) is 36.5 Å². The van der Waals surface area contributed by atoms with Gasteiger partial charge in [-0.2, -0.15) is 32.0 Å². The zero-order valence-corrected chi connectivity index (χ0v) is 36.6. The summed E-state index contributed by atoms with van der Waals surface area (Å²) >= 11 is 5.68. The third-order valence-electron chi connectivity index (χ3n) is 8.85. The number of methoxy groups -OCH3 is 2. The maximum absolute atomic E-state index is 13.6. The number of amides is 2. The van der Waals surface area contributed by atoms with Crippen molar-refractivity contribution in [3.8, 4) is 11.5 Å². The lowest BCUT2D eigenvalue weighted by atomic mass is 10.2. The molecular weight excluding hydrogens is 878 g/mol. The van der Waals surface area contributed by atoms with E-state index in [-0.39, 0.29) is 106 Å². The van der Waals surface area contributed by atoms with Crippen LogP contribution in [-0.4, -0.2) is 101 Å². The summed E-state index contributed by atoms with van der Waals surface area (Å²) in [6.07, 6.45) is 2.30. The Hall–Kier alpha value is -4.19. The van der Waals surface area contributed by atoms with Crippen LogP contribution < -0.4 is 20.1 Å². The Kier molecular flexibility index (Phi) is 17.8. The fourth-order valence-electron chi connectivity index (χ4n) is 5.79. The average molecular weight is 921 g/mol. The molecule has 59 heavy (non-hydrogen) atoms. The van der Waals surface area contributed by atoms with Gasteiger partial charge in [0.05, 0.1) is 77.4 Å². The van der Waals surface area contributed by atoms with Gasteiger partial charge in [0.25, 0.3) is 11.8 Å². The molecule has 2 saturated heterocycles. The van der Waals surface area contributed by atoms with Crippen LogP contribution in [0.3, 0.4) is 0 Å². The first-order valence-corrected chi connectivity index (χ1v) is 21.0. The molecule has 4 aromatic rings. The number of carbonyl (C=O) groups excluding carboxylic acids is 2. The van der Waals surface area contributed by atoms with E-state index in [2.05, 4.69) is 30.6 Å². The van der Waals surface area contributed by atoms with Gasteiger partial charge in [-0.25, -0.2) is 40.6 Å². The predicted octanol–water partition coefficient (Wildman–Crippen LogP) is 4.87. The highest BCUT2D eigenvalue weighted by Crippen LogP contribution is 2.28. The van der Waals surface area contributed by atoms with Crippen molar-refractivity contribution in [1.29, 1.82) is 0 Å². The number of aryl methyl sites for hydroxylation is 2. The van der Waals surface area contributed by atoms with E-state index in [0.29, 0.717) is 39.3 Å². The third kappa shape index (κ3) is 12.7. The highest BCUT2D eigenvalue weighted by molar-refractivity contribution is 7.91. The van der Waals surface area contributed by atoms with E-state index in [1.54, 1.807) is 0 Å². The van der Waals surface area contributed by atoms with E-state index in [9.17, 15) is 35.2 Å². The molecule has 4 heterocycles. The molecule has 23 heteroatoms. The van der Waals surface area contributed by atoms with Gasteiger partial charge in [0.1, 0.15) is 11.5 Å². The Morgan fingerprint density at radius 2 is 1.22 bits per heavy atom. The van der Waals surface area contributed by atoms with Crippen molar-refractivity contribution in [2.45, 2.75) is 36.5 Å². The van der Waals surface area contributed by atoms with Gasteiger partial charge in [-0.1, -0.05) is 11.6 Å². The minimum Gasteiger partial charge on any atom is -0.496 e.